The third-order valence-corrected chi connectivity index (χ3v) is 5.19. The van der Waals surface area contributed by atoms with Gasteiger partial charge in [0.05, 0.1) is 21.9 Å². The maximum atomic E-state index is 11.6. The molecule has 0 bridgehead atoms. The Labute approximate surface area is 142 Å². The first-order valence-electron chi connectivity index (χ1n) is 8.10. The van der Waals surface area contributed by atoms with Crippen molar-refractivity contribution in [2.24, 2.45) is 0 Å². The van der Waals surface area contributed by atoms with Crippen molar-refractivity contribution in [2.75, 3.05) is 13.1 Å². The van der Waals surface area contributed by atoms with Crippen molar-refractivity contribution in [3.8, 4) is 0 Å². The fourth-order valence-corrected chi connectivity index (χ4v) is 3.91. The number of nitrogens with zero attached hydrogens (tertiary/aromatic N) is 1. The Morgan fingerprint density at radius 1 is 1.48 bits per heavy atom. The lowest BCUT2D eigenvalue weighted by atomic mass is 9.86. The Balaban J connectivity index is 2.08. The highest BCUT2D eigenvalue weighted by Crippen LogP contribution is 2.51. The standard InChI is InChI=1S/C17H24ClN3O2/c1-10-13(18)9-12-14(20-10)17(5-7-19-8-6-17)23-15(12)16(3,4)21-11(2)22/h9,15,19H,5-8H2,1-4H3,(H,21,22)/t15-/m1/s1. The summed E-state index contributed by atoms with van der Waals surface area (Å²) in [7, 11) is 0. The van der Waals surface area contributed by atoms with E-state index in [1.165, 1.54) is 6.92 Å². The van der Waals surface area contributed by atoms with Gasteiger partial charge in [-0.2, -0.15) is 0 Å². The van der Waals surface area contributed by atoms with Gasteiger partial charge in [-0.15, -0.1) is 0 Å². The van der Waals surface area contributed by atoms with Gasteiger partial charge in [0.2, 0.25) is 5.91 Å². The minimum absolute atomic E-state index is 0.0717. The van der Waals surface area contributed by atoms with Crippen LogP contribution in [0.4, 0.5) is 0 Å². The number of halogens is 1. The Morgan fingerprint density at radius 2 is 2.13 bits per heavy atom. The molecule has 23 heavy (non-hydrogen) atoms. The molecular formula is C17H24ClN3O2. The summed E-state index contributed by atoms with van der Waals surface area (Å²) in [6.45, 7) is 9.21. The molecule has 3 rings (SSSR count). The number of ether oxygens (including phenoxy) is 1. The van der Waals surface area contributed by atoms with Crippen LogP contribution in [0.3, 0.4) is 0 Å². The fraction of sp³-hybridized carbons (Fsp3) is 0.647. The number of hydrogen-bond acceptors (Lipinski definition) is 4. The van der Waals surface area contributed by atoms with Gasteiger partial charge in [0.1, 0.15) is 11.7 Å². The van der Waals surface area contributed by atoms with E-state index in [4.69, 9.17) is 21.3 Å². The summed E-state index contributed by atoms with van der Waals surface area (Å²) in [5.74, 6) is -0.0717. The van der Waals surface area contributed by atoms with Crippen molar-refractivity contribution in [1.29, 1.82) is 0 Å². The quantitative estimate of drug-likeness (QED) is 0.870. The minimum atomic E-state index is -0.533. The Morgan fingerprint density at radius 3 is 2.74 bits per heavy atom. The van der Waals surface area contributed by atoms with Gasteiger partial charge < -0.3 is 15.4 Å². The molecule has 0 unspecified atom stereocenters. The molecule has 5 nitrogen and oxygen atoms in total. The van der Waals surface area contributed by atoms with E-state index in [0.29, 0.717) is 5.02 Å². The zero-order valence-corrected chi connectivity index (χ0v) is 14.9. The van der Waals surface area contributed by atoms with Crippen LogP contribution in [0.1, 0.15) is 56.7 Å². The Bertz CT molecular complexity index is 639. The van der Waals surface area contributed by atoms with Gasteiger partial charge in [-0.25, -0.2) is 0 Å². The SMILES string of the molecule is CC(=O)NC(C)(C)[C@@H]1OC2(CCNCC2)c2nc(C)c(Cl)cc21. The number of carbonyl (C=O) groups excluding carboxylic acids is 1. The van der Waals surface area contributed by atoms with Crippen molar-refractivity contribution < 1.29 is 9.53 Å². The second kappa shape index (κ2) is 5.72. The van der Waals surface area contributed by atoms with E-state index in [-0.39, 0.29) is 17.6 Å². The van der Waals surface area contributed by atoms with Crippen LogP contribution in [0.25, 0.3) is 0 Å². The second-order valence-electron chi connectivity index (χ2n) is 7.14. The molecule has 0 radical (unpaired) electrons. The van der Waals surface area contributed by atoms with Crippen LogP contribution in [0, 0.1) is 6.92 Å². The van der Waals surface area contributed by atoms with E-state index < -0.39 is 5.54 Å². The molecule has 126 valence electrons. The van der Waals surface area contributed by atoms with E-state index >= 15 is 0 Å². The number of pyridine rings is 1. The van der Waals surface area contributed by atoms with Gasteiger partial charge in [0.15, 0.2) is 0 Å². The molecule has 1 fully saturated rings. The lowest BCUT2D eigenvalue weighted by molar-refractivity contribution is -0.135. The molecule has 1 saturated heterocycles. The summed E-state index contributed by atoms with van der Waals surface area (Å²) in [4.78, 5) is 16.4. The third kappa shape index (κ3) is 2.86. The van der Waals surface area contributed by atoms with Gasteiger partial charge in [-0.3, -0.25) is 9.78 Å². The predicted molar refractivity (Wildman–Crippen MR) is 89.5 cm³/mol. The molecule has 0 saturated carbocycles. The van der Waals surface area contributed by atoms with Crippen molar-refractivity contribution in [3.05, 3.63) is 28.0 Å². The van der Waals surface area contributed by atoms with E-state index in [1.807, 2.05) is 26.8 Å². The summed E-state index contributed by atoms with van der Waals surface area (Å²) in [5.41, 5.74) is 1.90. The van der Waals surface area contributed by atoms with Crippen LogP contribution in [0.5, 0.6) is 0 Å². The lowest BCUT2D eigenvalue weighted by Crippen LogP contribution is -2.48. The normalized spacial score (nSPS) is 22.9. The number of fused-ring (bicyclic) bond motifs is 2. The molecule has 1 aromatic heterocycles. The second-order valence-corrected chi connectivity index (χ2v) is 7.55. The molecule has 3 heterocycles. The summed E-state index contributed by atoms with van der Waals surface area (Å²) >= 11 is 6.32. The van der Waals surface area contributed by atoms with E-state index in [1.54, 1.807) is 0 Å². The summed E-state index contributed by atoms with van der Waals surface area (Å²) in [6.07, 6.45) is 1.49. The fourth-order valence-electron chi connectivity index (χ4n) is 3.75. The Kier molecular flexibility index (Phi) is 4.15. The van der Waals surface area contributed by atoms with Crippen LogP contribution >= 0.6 is 11.6 Å². The van der Waals surface area contributed by atoms with E-state index in [0.717, 1.165) is 42.9 Å². The molecule has 2 aliphatic heterocycles. The van der Waals surface area contributed by atoms with Crippen LogP contribution in [-0.2, 0) is 15.1 Å². The molecule has 2 aliphatic rings. The zero-order chi connectivity index (χ0) is 16.8. The monoisotopic (exact) mass is 337 g/mol. The van der Waals surface area contributed by atoms with Crippen LogP contribution < -0.4 is 10.6 Å². The topological polar surface area (TPSA) is 63.2 Å². The molecule has 0 aliphatic carbocycles. The number of piperidine rings is 1. The number of aryl methyl sites for hydroxylation is 1. The average molecular weight is 338 g/mol. The van der Waals surface area contributed by atoms with Crippen molar-refractivity contribution >= 4 is 17.5 Å². The van der Waals surface area contributed by atoms with Crippen molar-refractivity contribution in [1.82, 2.24) is 15.6 Å². The van der Waals surface area contributed by atoms with Gasteiger partial charge in [-0.05, 0) is 52.8 Å². The number of hydrogen-bond donors (Lipinski definition) is 2. The number of aromatic nitrogens is 1. The third-order valence-electron chi connectivity index (χ3n) is 4.80. The first-order valence-corrected chi connectivity index (χ1v) is 8.48. The minimum Gasteiger partial charge on any atom is -0.358 e. The average Bonchev–Trinajstić information content (AvgIpc) is 2.74. The van der Waals surface area contributed by atoms with Gasteiger partial charge >= 0.3 is 0 Å². The molecule has 0 aromatic carbocycles. The zero-order valence-electron chi connectivity index (χ0n) is 14.1. The molecule has 1 spiro atoms. The predicted octanol–water partition coefficient (Wildman–Crippen LogP) is 2.61. The van der Waals surface area contributed by atoms with Crippen LogP contribution in [0.2, 0.25) is 5.02 Å². The van der Waals surface area contributed by atoms with Crippen molar-refractivity contribution in [2.45, 2.75) is 57.8 Å². The molecule has 1 aromatic rings. The summed E-state index contributed by atoms with van der Waals surface area (Å²) in [6, 6.07) is 1.96. The first-order chi connectivity index (χ1) is 10.8. The van der Waals surface area contributed by atoms with Crippen LogP contribution in [-0.4, -0.2) is 29.5 Å². The molecule has 1 atom stereocenters. The lowest BCUT2D eigenvalue weighted by Gasteiger charge is -2.37. The number of rotatable bonds is 2. The highest BCUT2D eigenvalue weighted by atomic mass is 35.5. The van der Waals surface area contributed by atoms with Crippen molar-refractivity contribution in [3.63, 3.8) is 0 Å². The summed E-state index contributed by atoms with van der Waals surface area (Å²) in [5, 5.41) is 7.02. The largest absolute Gasteiger partial charge is 0.358 e. The maximum absolute atomic E-state index is 11.6. The van der Waals surface area contributed by atoms with Gasteiger partial charge in [0.25, 0.3) is 0 Å². The number of nitrogens with one attached hydrogen (secondary N) is 2. The van der Waals surface area contributed by atoms with Gasteiger partial charge in [-0.1, -0.05) is 11.6 Å². The first kappa shape index (κ1) is 16.7. The maximum Gasteiger partial charge on any atom is 0.217 e. The number of carbonyl (C=O) groups is 1. The molecule has 6 heteroatoms. The number of amides is 1. The summed E-state index contributed by atoms with van der Waals surface area (Å²) < 4.78 is 6.56. The highest BCUT2D eigenvalue weighted by molar-refractivity contribution is 6.31. The Hall–Kier alpha value is -1.17. The molecule has 1 amide bonds. The van der Waals surface area contributed by atoms with E-state index in [9.17, 15) is 4.79 Å². The molecule has 2 N–H and O–H groups in total. The molecular weight excluding hydrogens is 314 g/mol. The smallest absolute Gasteiger partial charge is 0.217 e. The van der Waals surface area contributed by atoms with Gasteiger partial charge in [0, 0.05) is 12.5 Å². The highest BCUT2D eigenvalue weighted by Gasteiger charge is 2.51. The van der Waals surface area contributed by atoms with E-state index in [2.05, 4.69) is 10.6 Å². The van der Waals surface area contributed by atoms with Crippen LogP contribution in [0.15, 0.2) is 6.07 Å².